The first-order valence-corrected chi connectivity index (χ1v) is 5.65. The zero-order chi connectivity index (χ0) is 13.5. The molecule has 0 aliphatic heterocycles. The molecule has 4 nitrogen and oxygen atoms in total. The summed E-state index contributed by atoms with van der Waals surface area (Å²) in [7, 11) is 3.23. The third-order valence-electron chi connectivity index (χ3n) is 2.28. The summed E-state index contributed by atoms with van der Waals surface area (Å²) in [6.45, 7) is 2.42. The molecule has 18 heavy (non-hydrogen) atoms. The predicted molar refractivity (Wildman–Crippen MR) is 69.9 cm³/mol. The molecule has 0 N–H and O–H groups in total. The first-order chi connectivity index (χ1) is 8.60. The largest absolute Gasteiger partial charge is 0.493 e. The summed E-state index contributed by atoms with van der Waals surface area (Å²) in [6, 6.07) is 9.22. The number of nitrogens with zero attached hydrogens (tertiary/aromatic N) is 2. The molecule has 1 aromatic rings. The molecule has 0 saturated heterocycles. The molecule has 0 aliphatic carbocycles. The molecule has 0 unspecified atom stereocenters. The van der Waals surface area contributed by atoms with E-state index in [1.165, 1.54) is 4.90 Å². The summed E-state index contributed by atoms with van der Waals surface area (Å²) < 4.78 is 5.44. The molecule has 0 atom stereocenters. The maximum Gasteiger partial charge on any atom is 0.264 e. The van der Waals surface area contributed by atoms with E-state index in [0.717, 1.165) is 5.56 Å². The summed E-state index contributed by atoms with van der Waals surface area (Å²) in [5.41, 5.74) is 0.818. The van der Waals surface area contributed by atoms with Crippen molar-refractivity contribution in [3.63, 3.8) is 0 Å². The number of rotatable bonds is 4. The van der Waals surface area contributed by atoms with Crippen molar-refractivity contribution in [1.29, 1.82) is 5.26 Å². The first kappa shape index (κ1) is 13.8. The van der Waals surface area contributed by atoms with Gasteiger partial charge in [-0.05, 0) is 19.1 Å². The standard InChI is InChI=1S/C14H16N2O2/c1-4-18-13-8-6-5-7-11(13)9-12(10-15)14(17)16(2)3/h5-9H,4H2,1-3H3/b12-9-. The van der Waals surface area contributed by atoms with Crippen LogP contribution in [-0.2, 0) is 4.79 Å². The van der Waals surface area contributed by atoms with E-state index >= 15 is 0 Å². The van der Waals surface area contributed by atoms with Crippen LogP contribution in [0.5, 0.6) is 5.75 Å². The van der Waals surface area contributed by atoms with E-state index in [-0.39, 0.29) is 11.5 Å². The van der Waals surface area contributed by atoms with Crippen molar-refractivity contribution in [2.45, 2.75) is 6.92 Å². The number of hydrogen-bond acceptors (Lipinski definition) is 3. The lowest BCUT2D eigenvalue weighted by molar-refractivity contribution is -0.124. The first-order valence-electron chi connectivity index (χ1n) is 5.65. The lowest BCUT2D eigenvalue weighted by atomic mass is 10.1. The number of hydrogen-bond donors (Lipinski definition) is 0. The van der Waals surface area contributed by atoms with Crippen LogP contribution in [0.1, 0.15) is 12.5 Å². The Balaban J connectivity index is 3.14. The van der Waals surface area contributed by atoms with Crippen molar-refractivity contribution in [2.24, 2.45) is 0 Å². The van der Waals surface area contributed by atoms with Crippen LogP contribution in [-0.4, -0.2) is 31.5 Å². The molecule has 0 radical (unpaired) electrons. The lowest BCUT2D eigenvalue weighted by Gasteiger charge is -2.10. The van der Waals surface area contributed by atoms with Gasteiger partial charge in [-0.1, -0.05) is 18.2 Å². The molecule has 0 spiro atoms. The number of nitriles is 1. The van der Waals surface area contributed by atoms with Crippen LogP contribution in [0.4, 0.5) is 0 Å². The fraction of sp³-hybridized carbons (Fsp3) is 0.286. The van der Waals surface area contributed by atoms with Gasteiger partial charge in [0.2, 0.25) is 0 Å². The van der Waals surface area contributed by atoms with Gasteiger partial charge in [-0.3, -0.25) is 4.79 Å². The zero-order valence-electron chi connectivity index (χ0n) is 10.8. The molecule has 1 rings (SSSR count). The number of para-hydroxylation sites is 1. The van der Waals surface area contributed by atoms with Crippen molar-refractivity contribution < 1.29 is 9.53 Å². The van der Waals surface area contributed by atoms with Crippen LogP contribution in [0, 0.1) is 11.3 Å². The van der Waals surface area contributed by atoms with Gasteiger partial charge in [-0.2, -0.15) is 5.26 Å². The maximum absolute atomic E-state index is 11.7. The highest BCUT2D eigenvalue weighted by Crippen LogP contribution is 2.21. The van der Waals surface area contributed by atoms with Gasteiger partial charge in [-0.15, -0.1) is 0 Å². The monoisotopic (exact) mass is 244 g/mol. The lowest BCUT2D eigenvalue weighted by Crippen LogP contribution is -2.22. The number of carbonyl (C=O) groups excluding carboxylic acids is 1. The van der Waals surface area contributed by atoms with Gasteiger partial charge >= 0.3 is 0 Å². The average Bonchev–Trinajstić information content (AvgIpc) is 2.37. The van der Waals surface area contributed by atoms with Crippen molar-refractivity contribution in [3.8, 4) is 11.8 Å². The topological polar surface area (TPSA) is 53.3 Å². The Bertz CT molecular complexity index is 499. The third-order valence-corrected chi connectivity index (χ3v) is 2.28. The number of amides is 1. The minimum atomic E-state index is -0.316. The Morgan fingerprint density at radius 3 is 2.67 bits per heavy atom. The summed E-state index contributed by atoms with van der Waals surface area (Å²) >= 11 is 0. The fourth-order valence-electron chi connectivity index (χ4n) is 1.42. The maximum atomic E-state index is 11.7. The number of ether oxygens (including phenoxy) is 1. The molecule has 0 heterocycles. The molecule has 0 fully saturated rings. The van der Waals surface area contributed by atoms with Crippen LogP contribution in [0.25, 0.3) is 6.08 Å². The normalized spacial score (nSPS) is 10.7. The summed E-state index contributed by atoms with van der Waals surface area (Å²) in [6.07, 6.45) is 1.55. The van der Waals surface area contributed by atoms with E-state index in [1.807, 2.05) is 37.3 Å². The highest BCUT2D eigenvalue weighted by molar-refractivity contribution is 6.01. The van der Waals surface area contributed by atoms with Gasteiger partial charge in [0.05, 0.1) is 6.61 Å². The molecular weight excluding hydrogens is 228 g/mol. The van der Waals surface area contributed by atoms with Gasteiger partial charge in [0, 0.05) is 19.7 Å². The third kappa shape index (κ3) is 3.36. The highest BCUT2D eigenvalue weighted by Gasteiger charge is 2.12. The number of carbonyl (C=O) groups is 1. The van der Waals surface area contributed by atoms with Gasteiger partial charge in [0.15, 0.2) is 0 Å². The molecule has 0 bridgehead atoms. The molecular formula is C14H16N2O2. The Morgan fingerprint density at radius 2 is 2.11 bits per heavy atom. The summed E-state index contributed by atoms with van der Waals surface area (Å²) in [4.78, 5) is 13.1. The van der Waals surface area contributed by atoms with E-state index < -0.39 is 0 Å². The second-order valence-electron chi connectivity index (χ2n) is 3.84. The quantitative estimate of drug-likeness (QED) is 0.602. The van der Waals surface area contributed by atoms with Gasteiger partial charge in [0.1, 0.15) is 17.4 Å². The van der Waals surface area contributed by atoms with Crippen LogP contribution < -0.4 is 4.74 Å². The van der Waals surface area contributed by atoms with Gasteiger partial charge in [-0.25, -0.2) is 0 Å². The Kier molecular flexibility index (Phi) is 4.94. The van der Waals surface area contributed by atoms with Crippen LogP contribution in [0.15, 0.2) is 29.8 Å². The van der Waals surface area contributed by atoms with Crippen molar-refractivity contribution in [3.05, 3.63) is 35.4 Å². The van der Waals surface area contributed by atoms with E-state index in [2.05, 4.69) is 0 Å². The average molecular weight is 244 g/mol. The second-order valence-corrected chi connectivity index (χ2v) is 3.84. The number of likely N-dealkylation sites (N-methyl/N-ethyl adjacent to an activating group) is 1. The Labute approximate surface area is 107 Å². The molecule has 1 amide bonds. The summed E-state index contributed by atoms with van der Waals surface area (Å²) in [5, 5.41) is 9.02. The highest BCUT2D eigenvalue weighted by atomic mass is 16.5. The molecule has 94 valence electrons. The summed E-state index contributed by atoms with van der Waals surface area (Å²) in [5.74, 6) is 0.350. The van der Waals surface area contributed by atoms with E-state index in [9.17, 15) is 4.79 Å². The molecule has 4 heteroatoms. The van der Waals surface area contributed by atoms with E-state index in [0.29, 0.717) is 12.4 Å². The second kappa shape index (κ2) is 6.45. The fourth-order valence-corrected chi connectivity index (χ4v) is 1.42. The van der Waals surface area contributed by atoms with E-state index in [1.54, 1.807) is 20.2 Å². The molecule has 0 aromatic heterocycles. The molecule has 0 saturated carbocycles. The number of benzene rings is 1. The Morgan fingerprint density at radius 1 is 1.44 bits per heavy atom. The minimum Gasteiger partial charge on any atom is -0.493 e. The van der Waals surface area contributed by atoms with Crippen molar-refractivity contribution in [1.82, 2.24) is 4.90 Å². The van der Waals surface area contributed by atoms with Crippen LogP contribution in [0.3, 0.4) is 0 Å². The minimum absolute atomic E-state index is 0.0900. The Hall–Kier alpha value is -2.28. The van der Waals surface area contributed by atoms with Crippen molar-refractivity contribution >= 4 is 12.0 Å². The molecule has 1 aromatic carbocycles. The smallest absolute Gasteiger partial charge is 0.264 e. The van der Waals surface area contributed by atoms with Crippen LogP contribution in [0.2, 0.25) is 0 Å². The van der Waals surface area contributed by atoms with Crippen LogP contribution >= 0.6 is 0 Å². The predicted octanol–water partition coefficient (Wildman–Crippen LogP) is 2.08. The zero-order valence-corrected chi connectivity index (χ0v) is 10.8. The van der Waals surface area contributed by atoms with Gasteiger partial charge in [0.25, 0.3) is 5.91 Å². The SMILES string of the molecule is CCOc1ccccc1/C=C(/C#N)C(=O)N(C)C. The van der Waals surface area contributed by atoms with Gasteiger partial charge < -0.3 is 9.64 Å². The molecule has 0 aliphatic rings. The van der Waals surface area contributed by atoms with E-state index in [4.69, 9.17) is 10.00 Å². The van der Waals surface area contributed by atoms with Crippen molar-refractivity contribution in [2.75, 3.05) is 20.7 Å².